The minimum atomic E-state index is 0.451. The van der Waals surface area contributed by atoms with E-state index >= 15 is 0 Å². The number of aromatic nitrogens is 4. The summed E-state index contributed by atoms with van der Waals surface area (Å²) in [4.78, 5) is 0. The molecule has 0 aliphatic heterocycles. The second kappa shape index (κ2) is 14.8. The summed E-state index contributed by atoms with van der Waals surface area (Å²) in [5, 5.41) is 33.9. The van der Waals surface area contributed by atoms with Crippen molar-refractivity contribution in [3.63, 3.8) is 0 Å². The van der Waals surface area contributed by atoms with E-state index in [1.165, 1.54) is 0 Å². The summed E-state index contributed by atoms with van der Waals surface area (Å²) in [6.45, 7) is 17.1. The lowest BCUT2D eigenvalue weighted by molar-refractivity contribution is 1.02. The van der Waals surface area contributed by atoms with Gasteiger partial charge < -0.3 is 18.3 Å². The first-order valence-corrected chi connectivity index (χ1v) is 24.0. The molecule has 0 amide bonds. The maximum atomic E-state index is 12.6. The molecule has 6 heteroatoms. The molecule has 13 aromatic rings. The molecular formula is C64H48N6. The number of benzene rings is 9. The van der Waals surface area contributed by atoms with E-state index in [0.29, 0.717) is 33.9 Å². The van der Waals surface area contributed by atoms with E-state index in [1.807, 2.05) is 0 Å². The highest BCUT2D eigenvalue weighted by Gasteiger charge is 2.34. The van der Waals surface area contributed by atoms with E-state index < -0.39 is 0 Å². The van der Waals surface area contributed by atoms with Crippen LogP contribution >= 0.6 is 0 Å². The van der Waals surface area contributed by atoms with Crippen molar-refractivity contribution in [3.05, 3.63) is 201 Å². The summed E-state index contributed by atoms with van der Waals surface area (Å²) in [5.74, 6) is 0. The Morgan fingerprint density at radius 1 is 0.243 bits per heavy atom. The summed E-state index contributed by atoms with van der Waals surface area (Å²) in [5.41, 5.74) is 20.3. The van der Waals surface area contributed by atoms with Gasteiger partial charge in [-0.05, 0) is 152 Å². The monoisotopic (exact) mass is 900 g/mol. The molecular weight excluding hydrogens is 853 g/mol. The van der Waals surface area contributed by atoms with E-state index in [4.69, 9.17) is 0 Å². The van der Waals surface area contributed by atoms with E-state index in [9.17, 15) is 10.5 Å². The smallest absolute Gasteiger partial charge is 0.104 e. The molecule has 6 nitrogen and oxygen atoms in total. The van der Waals surface area contributed by atoms with Gasteiger partial charge in [-0.2, -0.15) is 10.5 Å². The summed E-state index contributed by atoms with van der Waals surface area (Å²) in [7, 11) is 0. The maximum Gasteiger partial charge on any atom is 0.104 e. The van der Waals surface area contributed by atoms with E-state index in [-0.39, 0.29) is 0 Å². The van der Waals surface area contributed by atoms with Crippen molar-refractivity contribution >= 4 is 87.2 Å². The van der Waals surface area contributed by atoms with Gasteiger partial charge in [0.25, 0.3) is 0 Å². The topological polar surface area (TPSA) is 67.3 Å². The third-order valence-electron chi connectivity index (χ3n) is 14.8. The molecule has 0 fully saturated rings. The van der Waals surface area contributed by atoms with Crippen LogP contribution < -0.4 is 0 Å². The molecule has 70 heavy (non-hydrogen) atoms. The van der Waals surface area contributed by atoms with Crippen LogP contribution in [-0.2, 0) is 0 Å². The maximum absolute atomic E-state index is 12.6. The second-order valence-corrected chi connectivity index (χ2v) is 19.9. The van der Waals surface area contributed by atoms with Crippen LogP contribution in [0.2, 0.25) is 0 Å². The van der Waals surface area contributed by atoms with Gasteiger partial charge in [-0.1, -0.05) is 93.0 Å². The summed E-state index contributed by atoms with van der Waals surface area (Å²) < 4.78 is 9.14. The minimum Gasteiger partial charge on any atom is -0.306 e. The molecule has 0 radical (unpaired) electrons. The molecule has 9 aromatic carbocycles. The zero-order valence-corrected chi connectivity index (χ0v) is 40.5. The van der Waals surface area contributed by atoms with Crippen LogP contribution in [0.15, 0.2) is 146 Å². The molecule has 0 unspecified atom stereocenters. The second-order valence-electron chi connectivity index (χ2n) is 19.9. The zero-order valence-electron chi connectivity index (χ0n) is 40.5. The Labute approximate surface area is 405 Å². The van der Waals surface area contributed by atoms with Crippen LogP contribution in [0.25, 0.3) is 110 Å². The number of fused-ring (bicyclic) bond motifs is 12. The van der Waals surface area contributed by atoms with Crippen LogP contribution in [0.3, 0.4) is 0 Å². The van der Waals surface area contributed by atoms with Crippen molar-refractivity contribution in [1.82, 2.24) is 18.3 Å². The fourth-order valence-electron chi connectivity index (χ4n) is 11.7. The molecule has 0 atom stereocenters. The molecule has 4 heterocycles. The molecule has 334 valence electrons. The fourth-order valence-corrected chi connectivity index (χ4v) is 11.7. The van der Waals surface area contributed by atoms with Crippen LogP contribution in [0.5, 0.6) is 0 Å². The summed E-state index contributed by atoms with van der Waals surface area (Å²) in [6, 6.07) is 58.7. The first-order valence-electron chi connectivity index (χ1n) is 24.0. The predicted octanol–water partition coefficient (Wildman–Crippen LogP) is 16.3. The Bertz CT molecular complexity index is 3780. The largest absolute Gasteiger partial charge is 0.306 e. The van der Waals surface area contributed by atoms with Crippen molar-refractivity contribution in [1.29, 1.82) is 10.5 Å². The quantitative estimate of drug-likeness (QED) is 0.177. The summed E-state index contributed by atoms with van der Waals surface area (Å²) in [6.07, 6.45) is 0. The van der Waals surface area contributed by atoms with Gasteiger partial charge in [-0.15, -0.1) is 0 Å². The highest BCUT2D eigenvalue weighted by Crippen LogP contribution is 2.49. The van der Waals surface area contributed by atoms with Crippen molar-refractivity contribution in [2.75, 3.05) is 0 Å². The molecule has 0 saturated heterocycles. The first kappa shape index (κ1) is 41.4. The van der Waals surface area contributed by atoms with Crippen molar-refractivity contribution in [2.24, 2.45) is 0 Å². The molecule has 0 bridgehead atoms. The number of hydrogen-bond donors (Lipinski definition) is 0. The highest BCUT2D eigenvalue weighted by molar-refractivity contribution is 6.16. The molecule has 0 saturated carbocycles. The van der Waals surface area contributed by atoms with E-state index in [1.54, 1.807) is 0 Å². The Morgan fingerprint density at radius 3 is 0.514 bits per heavy atom. The Hall–Kier alpha value is -8.84. The lowest BCUT2D eigenvalue weighted by Gasteiger charge is -2.27. The number of nitrogens with zero attached hydrogens (tertiary/aromatic N) is 6. The standard InChI is InChI=1S/C64H48N6/c1-35-9-17-53-43(25-35)44-26-36(2)10-18-54(44)67(53)61-51(33-65)63(69-57-21-13-39(5)29-47(57)48-30-40(6)14-22-58(48)69)64(70-59-23-15-41(7)31-49(59)50-32-42(8)16-24-60(50)70)52(34-66)62(61)68-55-19-11-37(3)27-45(55)46-28-38(4)12-20-56(46)68/h9-32H,1-8H3. The molecule has 4 aromatic heterocycles. The van der Waals surface area contributed by atoms with Crippen molar-refractivity contribution in [2.45, 2.75) is 55.4 Å². The SMILES string of the molecule is Cc1ccc2c(c1)c1cc(C)ccc1n2-c1c(C#N)c(-n2c3ccc(C)cc3c3cc(C)ccc32)c(-n2c3ccc(C)cc3c3cc(C)ccc32)c(C#N)c1-n1c2ccc(C)cc2c2cc(C)ccc21. The highest BCUT2D eigenvalue weighted by atomic mass is 15.1. The molecule has 0 aliphatic rings. The van der Waals surface area contributed by atoms with Gasteiger partial charge in [0.15, 0.2) is 0 Å². The van der Waals surface area contributed by atoms with Gasteiger partial charge in [0.1, 0.15) is 23.3 Å². The van der Waals surface area contributed by atoms with Gasteiger partial charge >= 0.3 is 0 Å². The van der Waals surface area contributed by atoms with Crippen LogP contribution in [0, 0.1) is 78.1 Å². The molecule has 0 spiro atoms. The van der Waals surface area contributed by atoms with Gasteiger partial charge in [-0.3, -0.25) is 0 Å². The van der Waals surface area contributed by atoms with Crippen LogP contribution in [-0.4, -0.2) is 18.3 Å². The third-order valence-corrected chi connectivity index (χ3v) is 14.8. The minimum absolute atomic E-state index is 0.451. The zero-order chi connectivity index (χ0) is 48.0. The van der Waals surface area contributed by atoms with Gasteiger partial charge in [0.05, 0.1) is 66.9 Å². The van der Waals surface area contributed by atoms with Crippen molar-refractivity contribution < 1.29 is 0 Å². The first-order chi connectivity index (χ1) is 33.9. The molecule has 13 rings (SSSR count). The Kier molecular flexibility index (Phi) is 8.76. The average molecular weight is 901 g/mol. The lowest BCUT2D eigenvalue weighted by Crippen LogP contribution is -2.16. The fraction of sp³-hybridized carbons (Fsp3) is 0.125. The van der Waals surface area contributed by atoms with Gasteiger partial charge in [-0.25, -0.2) is 0 Å². The van der Waals surface area contributed by atoms with E-state index in [0.717, 1.165) is 132 Å². The number of nitriles is 2. The Morgan fingerprint density at radius 2 is 0.386 bits per heavy atom. The molecule has 0 N–H and O–H groups in total. The molecule has 0 aliphatic carbocycles. The van der Waals surface area contributed by atoms with Gasteiger partial charge in [0, 0.05) is 43.1 Å². The van der Waals surface area contributed by atoms with Crippen LogP contribution in [0.1, 0.15) is 55.6 Å². The van der Waals surface area contributed by atoms with Crippen LogP contribution in [0.4, 0.5) is 0 Å². The predicted molar refractivity (Wildman–Crippen MR) is 291 cm³/mol. The number of hydrogen-bond acceptors (Lipinski definition) is 2. The number of aryl methyl sites for hydroxylation is 8. The van der Waals surface area contributed by atoms with Gasteiger partial charge in [0.2, 0.25) is 0 Å². The number of rotatable bonds is 4. The average Bonchev–Trinajstić information content (AvgIpc) is 4.03. The van der Waals surface area contributed by atoms with Crippen molar-refractivity contribution in [3.8, 4) is 34.9 Å². The summed E-state index contributed by atoms with van der Waals surface area (Å²) >= 11 is 0. The lowest BCUT2D eigenvalue weighted by atomic mass is 9.98. The van der Waals surface area contributed by atoms with E-state index in [2.05, 4.69) is 231 Å². The normalized spacial score (nSPS) is 12.0. The Balaban J connectivity index is 1.39. The third kappa shape index (κ3) is 5.71.